The Balaban J connectivity index is 3.91. The van der Waals surface area contributed by atoms with Crippen molar-refractivity contribution in [1.82, 2.24) is 10.6 Å². The Kier molecular flexibility index (Phi) is 7.75. The van der Waals surface area contributed by atoms with E-state index in [-0.39, 0.29) is 18.7 Å². The third-order valence-electron chi connectivity index (χ3n) is 2.19. The molecule has 6 nitrogen and oxygen atoms in total. The molecule has 0 fully saturated rings. The minimum Gasteiger partial charge on any atom is -0.480 e. The largest absolute Gasteiger partial charge is 0.480 e. The molecule has 0 aliphatic heterocycles. The van der Waals surface area contributed by atoms with E-state index in [0.717, 1.165) is 12.8 Å². The van der Waals surface area contributed by atoms with Crippen molar-refractivity contribution in [3.63, 3.8) is 0 Å². The maximum Gasteiger partial charge on any atom is 0.326 e. The monoisotopic (exact) mass is 244 g/mol. The molecule has 3 N–H and O–H groups in total. The molecule has 0 rings (SSSR count). The molecule has 17 heavy (non-hydrogen) atoms. The molecule has 0 aromatic carbocycles. The van der Waals surface area contributed by atoms with Gasteiger partial charge < -0.3 is 15.7 Å². The van der Waals surface area contributed by atoms with Gasteiger partial charge in [-0.3, -0.25) is 9.59 Å². The van der Waals surface area contributed by atoms with Gasteiger partial charge in [0.25, 0.3) is 0 Å². The Morgan fingerprint density at radius 1 is 1.29 bits per heavy atom. The first-order valence-electron chi connectivity index (χ1n) is 5.74. The van der Waals surface area contributed by atoms with Crippen molar-refractivity contribution in [3.05, 3.63) is 0 Å². The van der Waals surface area contributed by atoms with Gasteiger partial charge in [-0.2, -0.15) is 0 Å². The summed E-state index contributed by atoms with van der Waals surface area (Å²) >= 11 is 0. The summed E-state index contributed by atoms with van der Waals surface area (Å²) in [4.78, 5) is 32.8. The van der Waals surface area contributed by atoms with E-state index in [2.05, 4.69) is 10.6 Å². The quantitative estimate of drug-likeness (QED) is 0.534. The van der Waals surface area contributed by atoms with Gasteiger partial charge in [0.1, 0.15) is 6.04 Å². The van der Waals surface area contributed by atoms with Gasteiger partial charge in [-0.25, -0.2) is 4.79 Å². The van der Waals surface area contributed by atoms with Crippen LogP contribution in [0.5, 0.6) is 0 Å². The van der Waals surface area contributed by atoms with Gasteiger partial charge in [-0.1, -0.05) is 13.3 Å². The minimum absolute atomic E-state index is 0.0982. The fourth-order valence-corrected chi connectivity index (χ4v) is 1.27. The molecule has 2 amide bonds. The zero-order chi connectivity index (χ0) is 13.3. The zero-order valence-corrected chi connectivity index (χ0v) is 10.3. The normalized spacial score (nSPS) is 11.6. The van der Waals surface area contributed by atoms with Crippen molar-refractivity contribution < 1.29 is 19.5 Å². The number of aliphatic carboxylic acids is 1. The number of nitrogens with one attached hydrogen (secondary N) is 2. The number of amides is 2. The lowest BCUT2D eigenvalue weighted by Crippen LogP contribution is -2.40. The topological polar surface area (TPSA) is 95.5 Å². The smallest absolute Gasteiger partial charge is 0.326 e. The average Bonchev–Trinajstić information content (AvgIpc) is 2.23. The van der Waals surface area contributed by atoms with Crippen molar-refractivity contribution in [1.29, 1.82) is 0 Å². The molecule has 0 aliphatic carbocycles. The van der Waals surface area contributed by atoms with Gasteiger partial charge in [0.15, 0.2) is 0 Å². The molecule has 0 saturated heterocycles. The van der Waals surface area contributed by atoms with Crippen LogP contribution in [0.3, 0.4) is 0 Å². The molecule has 6 heteroatoms. The number of hydrogen-bond acceptors (Lipinski definition) is 3. The Labute approximate surface area is 101 Å². The molecular formula is C11H20N2O4. The fraction of sp³-hybridized carbons (Fsp3) is 0.727. The second kappa shape index (κ2) is 8.55. The van der Waals surface area contributed by atoms with Gasteiger partial charge in [0.05, 0.1) is 0 Å². The highest BCUT2D eigenvalue weighted by atomic mass is 16.4. The third-order valence-corrected chi connectivity index (χ3v) is 2.19. The van der Waals surface area contributed by atoms with E-state index in [1.165, 1.54) is 6.92 Å². The summed E-state index contributed by atoms with van der Waals surface area (Å²) in [7, 11) is 0. The maximum atomic E-state index is 11.3. The van der Waals surface area contributed by atoms with Crippen LogP contribution in [0.2, 0.25) is 0 Å². The first-order chi connectivity index (χ1) is 7.97. The van der Waals surface area contributed by atoms with E-state index in [4.69, 9.17) is 5.11 Å². The molecule has 0 aromatic heterocycles. The first-order valence-corrected chi connectivity index (χ1v) is 5.74. The predicted octanol–water partition coefficient (Wildman–Crippen LogP) is 0.272. The average molecular weight is 244 g/mol. The minimum atomic E-state index is -1.12. The molecule has 0 radical (unpaired) electrons. The van der Waals surface area contributed by atoms with E-state index in [0.29, 0.717) is 6.54 Å². The Morgan fingerprint density at radius 2 is 1.94 bits per heavy atom. The summed E-state index contributed by atoms with van der Waals surface area (Å²) in [6.45, 7) is 3.87. The van der Waals surface area contributed by atoms with Gasteiger partial charge >= 0.3 is 5.97 Å². The second-order valence-electron chi connectivity index (χ2n) is 3.83. The van der Waals surface area contributed by atoms with Crippen molar-refractivity contribution in [2.24, 2.45) is 0 Å². The molecule has 1 atom stereocenters. The number of carboxylic acids is 1. The summed E-state index contributed by atoms with van der Waals surface area (Å²) in [5, 5.41) is 13.8. The van der Waals surface area contributed by atoms with Crippen molar-refractivity contribution in [3.8, 4) is 0 Å². The SMILES string of the molecule is CCCCNC(=O)CCC(NC(C)=O)C(=O)O. The van der Waals surface area contributed by atoms with Crippen LogP contribution in [-0.2, 0) is 14.4 Å². The van der Waals surface area contributed by atoms with Gasteiger partial charge in [0.2, 0.25) is 11.8 Å². The summed E-state index contributed by atoms with van der Waals surface area (Å²) < 4.78 is 0. The highest BCUT2D eigenvalue weighted by Gasteiger charge is 2.19. The molecule has 0 bridgehead atoms. The van der Waals surface area contributed by atoms with Crippen molar-refractivity contribution >= 4 is 17.8 Å². The second-order valence-corrected chi connectivity index (χ2v) is 3.83. The van der Waals surface area contributed by atoms with Crippen LogP contribution in [0.4, 0.5) is 0 Å². The summed E-state index contributed by atoms with van der Waals surface area (Å²) in [6.07, 6.45) is 2.09. The fourth-order valence-electron chi connectivity index (χ4n) is 1.27. The molecule has 98 valence electrons. The van der Waals surface area contributed by atoms with E-state index in [1.807, 2.05) is 6.92 Å². The Bertz CT molecular complexity index is 279. The highest BCUT2D eigenvalue weighted by molar-refractivity contribution is 5.83. The van der Waals surface area contributed by atoms with Crippen molar-refractivity contribution in [2.75, 3.05) is 6.54 Å². The van der Waals surface area contributed by atoms with E-state index in [1.54, 1.807) is 0 Å². The molecule has 0 aliphatic rings. The van der Waals surface area contributed by atoms with Crippen LogP contribution in [0.15, 0.2) is 0 Å². The van der Waals surface area contributed by atoms with Gasteiger partial charge in [0, 0.05) is 19.9 Å². The first kappa shape index (κ1) is 15.4. The molecule has 0 saturated carbocycles. The van der Waals surface area contributed by atoms with Crippen LogP contribution in [-0.4, -0.2) is 35.5 Å². The number of carbonyl (C=O) groups is 3. The van der Waals surface area contributed by atoms with E-state index < -0.39 is 17.9 Å². The maximum absolute atomic E-state index is 11.3. The Morgan fingerprint density at radius 3 is 2.41 bits per heavy atom. The van der Waals surface area contributed by atoms with Gasteiger partial charge in [-0.05, 0) is 12.8 Å². The molecule has 0 aromatic rings. The number of carbonyl (C=O) groups excluding carboxylic acids is 2. The predicted molar refractivity (Wildman–Crippen MR) is 62.4 cm³/mol. The number of hydrogen-bond donors (Lipinski definition) is 3. The third kappa shape index (κ3) is 8.24. The molecule has 0 spiro atoms. The molecule has 0 heterocycles. The van der Waals surface area contributed by atoms with Crippen LogP contribution in [0, 0.1) is 0 Å². The standard InChI is InChI=1S/C11H20N2O4/c1-3-4-7-12-10(15)6-5-9(11(16)17)13-8(2)14/h9H,3-7H2,1-2H3,(H,12,15)(H,13,14)(H,16,17). The number of rotatable bonds is 8. The lowest BCUT2D eigenvalue weighted by molar-refractivity contribution is -0.141. The summed E-state index contributed by atoms with van der Waals surface area (Å²) in [5.41, 5.74) is 0. The summed E-state index contributed by atoms with van der Waals surface area (Å²) in [6, 6.07) is -0.996. The van der Waals surface area contributed by atoms with Crippen molar-refractivity contribution in [2.45, 2.75) is 45.6 Å². The Hall–Kier alpha value is -1.59. The van der Waals surface area contributed by atoms with Crippen LogP contribution >= 0.6 is 0 Å². The number of unbranched alkanes of at least 4 members (excludes halogenated alkanes) is 1. The van der Waals surface area contributed by atoms with Crippen LogP contribution < -0.4 is 10.6 Å². The highest BCUT2D eigenvalue weighted by Crippen LogP contribution is 1.98. The zero-order valence-electron chi connectivity index (χ0n) is 10.3. The van der Waals surface area contributed by atoms with Crippen LogP contribution in [0.1, 0.15) is 39.5 Å². The van der Waals surface area contributed by atoms with E-state index >= 15 is 0 Å². The lowest BCUT2D eigenvalue weighted by Gasteiger charge is -2.12. The molecular weight excluding hydrogens is 224 g/mol. The number of carboxylic acid groups (broad SMARTS) is 1. The van der Waals surface area contributed by atoms with E-state index in [9.17, 15) is 14.4 Å². The van der Waals surface area contributed by atoms with Gasteiger partial charge in [-0.15, -0.1) is 0 Å². The summed E-state index contributed by atoms with van der Waals surface area (Å²) in [5.74, 6) is -1.72. The molecule has 1 unspecified atom stereocenters. The lowest BCUT2D eigenvalue weighted by atomic mass is 10.1. The van der Waals surface area contributed by atoms with Crippen LogP contribution in [0.25, 0.3) is 0 Å².